The van der Waals surface area contributed by atoms with Gasteiger partial charge in [0.25, 0.3) is 15.9 Å². The summed E-state index contributed by atoms with van der Waals surface area (Å²) in [5.74, 6) is -0.103. The molecule has 1 fully saturated rings. The number of nitrogens with zero attached hydrogens (tertiary/aromatic N) is 4. The maximum atomic E-state index is 13.1. The molecule has 1 aliphatic rings. The number of nitrogens with one attached hydrogen (secondary N) is 1. The number of benzene rings is 3. The van der Waals surface area contributed by atoms with Crippen LogP contribution in [-0.2, 0) is 16.6 Å². The summed E-state index contributed by atoms with van der Waals surface area (Å²) in [7, 11) is -3.93. The van der Waals surface area contributed by atoms with Crippen LogP contribution in [0, 0.1) is 11.3 Å². The number of aliphatic imine (C=N–C) groups is 1. The molecule has 0 atom stereocenters. The third kappa shape index (κ3) is 5.99. The van der Waals surface area contributed by atoms with Gasteiger partial charge in [-0.2, -0.15) is 5.26 Å². The molecule has 9 heteroatoms. The van der Waals surface area contributed by atoms with Gasteiger partial charge in [0.1, 0.15) is 4.90 Å². The van der Waals surface area contributed by atoms with E-state index in [1.54, 1.807) is 53.5 Å². The van der Waals surface area contributed by atoms with Gasteiger partial charge < -0.3 is 4.90 Å². The molecule has 38 heavy (non-hydrogen) atoms. The van der Waals surface area contributed by atoms with Crippen LogP contribution >= 0.6 is 0 Å². The number of piperazine rings is 1. The minimum absolute atomic E-state index is 0.0264. The van der Waals surface area contributed by atoms with Crippen LogP contribution < -0.4 is 4.72 Å². The molecule has 1 heterocycles. The monoisotopic (exact) mass is 527 g/mol. The summed E-state index contributed by atoms with van der Waals surface area (Å²) in [5.41, 5.74) is 3.41. The van der Waals surface area contributed by atoms with E-state index in [0.29, 0.717) is 55.1 Å². The molecule has 0 spiro atoms. The minimum Gasteiger partial charge on any atom is -0.336 e. The molecule has 0 radical (unpaired) electrons. The fraction of sp³-hybridized carbons (Fsp3) is 0.207. The van der Waals surface area contributed by atoms with Crippen molar-refractivity contribution in [3.8, 4) is 6.07 Å². The standard InChI is InChI=1S/C29H29N5O3S/c1-3-7-22-10-6-11-27(28(22)31-2)38(36,37)32-26-14-12-23(13-15-26)29(35)34-18-16-33(17-19-34)21-25-9-5-4-8-24(25)20-30/h3-15,32H,2,16-19,21H2,1H3/b7-3-. The summed E-state index contributed by atoms with van der Waals surface area (Å²) in [6.45, 7) is 8.59. The Hall–Kier alpha value is -4.26. The summed E-state index contributed by atoms with van der Waals surface area (Å²) in [6, 6.07) is 21.1. The maximum Gasteiger partial charge on any atom is 0.264 e. The first-order valence-electron chi connectivity index (χ1n) is 12.2. The number of nitriles is 1. The number of amides is 1. The molecule has 1 amide bonds. The molecule has 3 aromatic carbocycles. The van der Waals surface area contributed by atoms with Crippen LogP contribution in [0.25, 0.3) is 6.08 Å². The van der Waals surface area contributed by atoms with Gasteiger partial charge in [0.05, 0.1) is 17.3 Å². The first-order valence-corrected chi connectivity index (χ1v) is 13.7. The topological polar surface area (TPSA) is 106 Å². The van der Waals surface area contributed by atoms with Crippen molar-refractivity contribution in [2.75, 3.05) is 30.9 Å². The van der Waals surface area contributed by atoms with E-state index in [1.807, 2.05) is 31.2 Å². The largest absolute Gasteiger partial charge is 0.336 e. The van der Waals surface area contributed by atoms with Crippen LogP contribution in [0.3, 0.4) is 0 Å². The van der Waals surface area contributed by atoms with Gasteiger partial charge in [-0.3, -0.25) is 19.4 Å². The van der Waals surface area contributed by atoms with Crippen molar-refractivity contribution in [2.24, 2.45) is 4.99 Å². The molecule has 0 unspecified atom stereocenters. The lowest BCUT2D eigenvalue weighted by Gasteiger charge is -2.35. The summed E-state index contributed by atoms with van der Waals surface area (Å²) in [5, 5.41) is 9.31. The van der Waals surface area contributed by atoms with Crippen molar-refractivity contribution >= 4 is 40.1 Å². The quantitative estimate of drug-likeness (QED) is 0.428. The predicted octanol–water partition coefficient (Wildman–Crippen LogP) is 4.68. The van der Waals surface area contributed by atoms with Crippen LogP contribution in [0.4, 0.5) is 11.4 Å². The molecule has 0 aliphatic carbocycles. The Bertz CT molecular complexity index is 1500. The van der Waals surface area contributed by atoms with E-state index in [2.05, 4.69) is 27.4 Å². The molecule has 8 nitrogen and oxygen atoms in total. The highest BCUT2D eigenvalue weighted by Crippen LogP contribution is 2.30. The Labute approximate surface area is 223 Å². The number of sulfonamides is 1. The van der Waals surface area contributed by atoms with Gasteiger partial charge in [-0.15, -0.1) is 0 Å². The van der Waals surface area contributed by atoms with Crippen molar-refractivity contribution in [1.29, 1.82) is 5.26 Å². The van der Waals surface area contributed by atoms with Crippen LogP contribution in [0.15, 0.2) is 82.7 Å². The van der Waals surface area contributed by atoms with Gasteiger partial charge in [-0.05, 0) is 55.6 Å². The van der Waals surface area contributed by atoms with Crippen molar-refractivity contribution in [2.45, 2.75) is 18.4 Å². The number of para-hydroxylation sites is 1. The molecule has 1 N–H and O–H groups in total. The number of allylic oxidation sites excluding steroid dienone is 1. The summed E-state index contributed by atoms with van der Waals surface area (Å²) >= 11 is 0. The predicted molar refractivity (Wildman–Crippen MR) is 150 cm³/mol. The summed E-state index contributed by atoms with van der Waals surface area (Å²) < 4.78 is 28.7. The second kappa shape index (κ2) is 11.9. The number of carbonyl (C=O) groups is 1. The zero-order valence-corrected chi connectivity index (χ0v) is 22.0. The highest BCUT2D eigenvalue weighted by atomic mass is 32.2. The average Bonchev–Trinajstić information content (AvgIpc) is 2.93. The number of anilines is 1. The Morgan fingerprint density at radius 2 is 1.76 bits per heavy atom. The third-order valence-corrected chi connectivity index (χ3v) is 7.81. The highest BCUT2D eigenvalue weighted by molar-refractivity contribution is 7.92. The van der Waals surface area contributed by atoms with Gasteiger partial charge in [0, 0.05) is 49.5 Å². The molecular weight excluding hydrogens is 498 g/mol. The van der Waals surface area contributed by atoms with Crippen LogP contribution in [0.1, 0.15) is 34.0 Å². The number of hydrogen-bond acceptors (Lipinski definition) is 6. The highest BCUT2D eigenvalue weighted by Gasteiger charge is 2.24. The van der Waals surface area contributed by atoms with E-state index >= 15 is 0 Å². The second-order valence-corrected chi connectivity index (χ2v) is 10.5. The van der Waals surface area contributed by atoms with E-state index in [4.69, 9.17) is 0 Å². The first kappa shape index (κ1) is 26.8. The van der Waals surface area contributed by atoms with Gasteiger partial charge in [0.2, 0.25) is 0 Å². The fourth-order valence-electron chi connectivity index (χ4n) is 4.43. The molecule has 194 valence electrons. The molecule has 0 bridgehead atoms. The lowest BCUT2D eigenvalue weighted by molar-refractivity contribution is 0.0628. The Balaban J connectivity index is 1.39. The van der Waals surface area contributed by atoms with Crippen LogP contribution in [0.2, 0.25) is 0 Å². The Kier molecular flexibility index (Phi) is 8.36. The molecule has 0 saturated carbocycles. The van der Waals surface area contributed by atoms with Crippen LogP contribution in [0.5, 0.6) is 0 Å². The Morgan fingerprint density at radius 1 is 1.05 bits per heavy atom. The Morgan fingerprint density at radius 3 is 2.42 bits per heavy atom. The first-order chi connectivity index (χ1) is 18.4. The van der Waals surface area contributed by atoms with E-state index < -0.39 is 10.0 Å². The van der Waals surface area contributed by atoms with E-state index in [-0.39, 0.29) is 16.5 Å². The van der Waals surface area contributed by atoms with E-state index in [0.717, 1.165) is 5.56 Å². The number of hydrogen-bond donors (Lipinski definition) is 1. The molecule has 1 saturated heterocycles. The SMILES string of the molecule is C=Nc1c(/C=C\C)cccc1S(=O)(=O)Nc1ccc(C(=O)N2CCN(Cc3ccccc3C#N)CC2)cc1. The van der Waals surface area contributed by atoms with Crippen molar-refractivity contribution < 1.29 is 13.2 Å². The van der Waals surface area contributed by atoms with Crippen molar-refractivity contribution in [3.05, 3.63) is 95.1 Å². The lowest BCUT2D eigenvalue weighted by atomic mass is 10.1. The second-order valence-electron chi connectivity index (χ2n) is 8.87. The van der Waals surface area contributed by atoms with Gasteiger partial charge in [0.15, 0.2) is 0 Å². The smallest absolute Gasteiger partial charge is 0.264 e. The summed E-state index contributed by atoms with van der Waals surface area (Å²) in [6.07, 6.45) is 3.58. The van der Waals surface area contributed by atoms with Crippen molar-refractivity contribution in [1.82, 2.24) is 9.80 Å². The third-order valence-electron chi connectivity index (χ3n) is 6.40. The zero-order valence-electron chi connectivity index (χ0n) is 21.2. The fourth-order valence-corrected chi connectivity index (χ4v) is 5.68. The number of rotatable bonds is 8. The van der Waals surface area contributed by atoms with Gasteiger partial charge in [-0.1, -0.05) is 42.5 Å². The van der Waals surface area contributed by atoms with Gasteiger partial charge >= 0.3 is 0 Å². The molecule has 0 aromatic heterocycles. The lowest BCUT2D eigenvalue weighted by Crippen LogP contribution is -2.48. The molecule has 4 rings (SSSR count). The average molecular weight is 528 g/mol. The van der Waals surface area contributed by atoms with Crippen molar-refractivity contribution in [3.63, 3.8) is 0 Å². The molecular formula is C29H29N5O3S. The number of carbonyl (C=O) groups excluding carboxylic acids is 1. The summed E-state index contributed by atoms with van der Waals surface area (Å²) in [4.78, 5) is 21.1. The molecule has 1 aliphatic heterocycles. The maximum absolute atomic E-state index is 13.1. The van der Waals surface area contributed by atoms with Gasteiger partial charge in [-0.25, -0.2) is 8.42 Å². The minimum atomic E-state index is -3.93. The molecule has 3 aromatic rings. The van der Waals surface area contributed by atoms with E-state index in [9.17, 15) is 18.5 Å². The normalized spacial score (nSPS) is 14.3. The van der Waals surface area contributed by atoms with Crippen LogP contribution in [-0.4, -0.2) is 57.0 Å². The van der Waals surface area contributed by atoms with E-state index in [1.165, 1.54) is 6.07 Å². The zero-order chi connectivity index (χ0) is 27.1.